The number of methoxy groups -OCH3 is 1. The predicted octanol–water partition coefficient (Wildman–Crippen LogP) is 3.98. The van der Waals surface area contributed by atoms with E-state index in [1.54, 1.807) is 7.11 Å². The number of benzene rings is 3. The van der Waals surface area contributed by atoms with Gasteiger partial charge in [-0.25, -0.2) is 0 Å². The zero-order chi connectivity index (χ0) is 18.2. The van der Waals surface area contributed by atoms with E-state index in [1.165, 1.54) is 0 Å². The summed E-state index contributed by atoms with van der Waals surface area (Å²) in [5.74, 6) is 1.48. The van der Waals surface area contributed by atoms with Gasteiger partial charge in [0.05, 0.1) is 7.11 Å². The number of nitrogens with one attached hydrogen (secondary N) is 1. The van der Waals surface area contributed by atoms with Gasteiger partial charge in [-0.3, -0.25) is 4.79 Å². The highest BCUT2D eigenvalue weighted by Crippen LogP contribution is 2.20. The largest absolute Gasteiger partial charge is 0.496 e. The van der Waals surface area contributed by atoms with Crippen LogP contribution >= 0.6 is 0 Å². The van der Waals surface area contributed by atoms with Gasteiger partial charge >= 0.3 is 0 Å². The van der Waals surface area contributed by atoms with Crippen LogP contribution in [0.4, 0.5) is 0 Å². The van der Waals surface area contributed by atoms with E-state index in [1.807, 2.05) is 66.7 Å². The second-order valence-electron chi connectivity index (χ2n) is 6.06. The van der Waals surface area contributed by atoms with E-state index in [4.69, 9.17) is 9.47 Å². The minimum atomic E-state index is -0.113. The summed E-state index contributed by atoms with van der Waals surface area (Å²) >= 11 is 0. The summed E-state index contributed by atoms with van der Waals surface area (Å²) < 4.78 is 10.9. The summed E-state index contributed by atoms with van der Waals surface area (Å²) in [5.41, 5.74) is 1.15. The molecular weight excluding hydrogens is 326 g/mol. The van der Waals surface area contributed by atoms with Crippen molar-refractivity contribution in [3.8, 4) is 11.5 Å². The van der Waals surface area contributed by atoms with Crippen molar-refractivity contribution in [2.45, 2.75) is 12.8 Å². The lowest BCUT2D eigenvalue weighted by Gasteiger charge is -2.10. The molecule has 0 unspecified atom stereocenters. The number of aryl methyl sites for hydroxylation is 1. The third-order valence-corrected chi connectivity index (χ3v) is 4.23. The average molecular weight is 349 g/mol. The van der Waals surface area contributed by atoms with Gasteiger partial charge in [-0.1, -0.05) is 48.5 Å². The molecule has 0 heterocycles. The van der Waals surface area contributed by atoms with Crippen molar-refractivity contribution in [2.24, 2.45) is 0 Å². The minimum absolute atomic E-state index is 0.0208. The van der Waals surface area contributed by atoms with Crippen LogP contribution in [-0.4, -0.2) is 26.2 Å². The van der Waals surface area contributed by atoms with Crippen molar-refractivity contribution in [3.63, 3.8) is 0 Å². The average Bonchev–Trinajstić information content (AvgIpc) is 2.69. The highest BCUT2D eigenvalue weighted by Gasteiger charge is 2.05. The highest BCUT2D eigenvalue weighted by atomic mass is 16.5. The number of hydrogen-bond donors (Lipinski definition) is 1. The standard InChI is InChI=1S/C22H23NO3/c1-25-21-11-5-4-8-18(21)10-6-14-23-22(24)16-26-20-13-12-17-7-2-3-9-19(17)15-20/h2-5,7-9,11-13,15H,6,10,14,16H2,1H3,(H,23,24). The van der Waals surface area contributed by atoms with Gasteiger partial charge in [0.15, 0.2) is 6.61 Å². The Hall–Kier alpha value is -3.01. The van der Waals surface area contributed by atoms with Crippen LogP contribution in [0.15, 0.2) is 66.7 Å². The number of carbonyl (C=O) groups is 1. The first-order valence-corrected chi connectivity index (χ1v) is 8.76. The zero-order valence-electron chi connectivity index (χ0n) is 14.9. The van der Waals surface area contributed by atoms with Crippen molar-refractivity contribution >= 4 is 16.7 Å². The number of rotatable bonds is 8. The van der Waals surface area contributed by atoms with E-state index in [2.05, 4.69) is 5.32 Å². The molecule has 0 atom stereocenters. The van der Waals surface area contributed by atoms with E-state index in [0.29, 0.717) is 12.3 Å². The second kappa shape index (κ2) is 8.90. The van der Waals surface area contributed by atoms with Gasteiger partial charge < -0.3 is 14.8 Å². The molecule has 1 N–H and O–H groups in total. The first-order valence-electron chi connectivity index (χ1n) is 8.76. The molecule has 0 aromatic heterocycles. The fourth-order valence-electron chi connectivity index (χ4n) is 2.87. The number of ether oxygens (including phenoxy) is 2. The fourth-order valence-corrected chi connectivity index (χ4v) is 2.87. The monoisotopic (exact) mass is 349 g/mol. The van der Waals surface area contributed by atoms with Crippen molar-refractivity contribution in [1.29, 1.82) is 0 Å². The topological polar surface area (TPSA) is 47.6 Å². The third-order valence-electron chi connectivity index (χ3n) is 4.23. The normalized spacial score (nSPS) is 10.5. The van der Waals surface area contributed by atoms with Gasteiger partial charge in [0.1, 0.15) is 11.5 Å². The van der Waals surface area contributed by atoms with E-state index >= 15 is 0 Å². The van der Waals surface area contributed by atoms with Crippen LogP contribution in [0.3, 0.4) is 0 Å². The molecule has 0 fully saturated rings. The van der Waals surface area contributed by atoms with Crippen LogP contribution in [0.25, 0.3) is 10.8 Å². The Morgan fingerprint density at radius 3 is 2.58 bits per heavy atom. The highest BCUT2D eigenvalue weighted by molar-refractivity contribution is 5.84. The van der Waals surface area contributed by atoms with Crippen LogP contribution in [0, 0.1) is 0 Å². The number of hydrogen-bond acceptors (Lipinski definition) is 3. The smallest absolute Gasteiger partial charge is 0.257 e. The van der Waals surface area contributed by atoms with E-state index in [0.717, 1.165) is 34.9 Å². The molecule has 0 saturated carbocycles. The lowest BCUT2D eigenvalue weighted by Crippen LogP contribution is -2.29. The Labute approximate surface area is 153 Å². The molecule has 3 aromatic carbocycles. The van der Waals surface area contributed by atoms with Gasteiger partial charge in [-0.15, -0.1) is 0 Å². The minimum Gasteiger partial charge on any atom is -0.496 e. The van der Waals surface area contributed by atoms with Crippen molar-refractivity contribution in [2.75, 3.05) is 20.3 Å². The lowest BCUT2D eigenvalue weighted by atomic mass is 10.1. The van der Waals surface area contributed by atoms with Gasteiger partial charge in [0.25, 0.3) is 5.91 Å². The quantitative estimate of drug-likeness (QED) is 0.626. The van der Waals surface area contributed by atoms with Gasteiger partial charge in [0.2, 0.25) is 0 Å². The molecule has 4 heteroatoms. The molecular formula is C22H23NO3. The molecule has 26 heavy (non-hydrogen) atoms. The Morgan fingerprint density at radius 2 is 1.73 bits per heavy atom. The molecule has 3 rings (SSSR count). The maximum Gasteiger partial charge on any atom is 0.257 e. The van der Waals surface area contributed by atoms with Crippen LogP contribution in [0.5, 0.6) is 11.5 Å². The summed E-state index contributed by atoms with van der Waals surface area (Å²) in [7, 11) is 1.67. The molecule has 3 aromatic rings. The lowest BCUT2D eigenvalue weighted by molar-refractivity contribution is -0.123. The third kappa shape index (κ3) is 4.76. The molecule has 0 aliphatic carbocycles. The van der Waals surface area contributed by atoms with Crippen molar-refractivity contribution < 1.29 is 14.3 Å². The zero-order valence-corrected chi connectivity index (χ0v) is 14.9. The Bertz CT molecular complexity index is 876. The summed E-state index contributed by atoms with van der Waals surface area (Å²) in [6.45, 7) is 0.630. The molecule has 1 amide bonds. The van der Waals surface area contributed by atoms with E-state index < -0.39 is 0 Å². The SMILES string of the molecule is COc1ccccc1CCCNC(=O)COc1ccc2ccccc2c1. The van der Waals surface area contributed by atoms with Crippen molar-refractivity contribution in [3.05, 3.63) is 72.3 Å². The summed E-state index contributed by atoms with van der Waals surface area (Å²) in [4.78, 5) is 12.0. The number of fused-ring (bicyclic) bond motifs is 1. The van der Waals surface area contributed by atoms with Gasteiger partial charge in [-0.05, 0) is 47.4 Å². The summed E-state index contributed by atoms with van der Waals surface area (Å²) in [5, 5.41) is 5.15. The fraction of sp³-hybridized carbons (Fsp3) is 0.227. The molecule has 134 valence electrons. The van der Waals surface area contributed by atoms with E-state index in [-0.39, 0.29) is 12.5 Å². The Kier molecular flexibility index (Phi) is 6.09. The number of carbonyl (C=O) groups excluding carboxylic acids is 1. The summed E-state index contributed by atoms with van der Waals surface area (Å²) in [6, 6.07) is 21.8. The molecule has 4 nitrogen and oxygen atoms in total. The predicted molar refractivity (Wildman–Crippen MR) is 104 cm³/mol. The first-order chi connectivity index (χ1) is 12.8. The van der Waals surface area contributed by atoms with Gasteiger partial charge in [0, 0.05) is 6.54 Å². The number of amides is 1. The van der Waals surface area contributed by atoms with Crippen LogP contribution in [-0.2, 0) is 11.2 Å². The molecule has 0 saturated heterocycles. The molecule has 0 aliphatic rings. The Balaban J connectivity index is 1.41. The van der Waals surface area contributed by atoms with Crippen LogP contribution < -0.4 is 14.8 Å². The van der Waals surface area contributed by atoms with E-state index in [9.17, 15) is 4.79 Å². The van der Waals surface area contributed by atoms with Crippen molar-refractivity contribution in [1.82, 2.24) is 5.32 Å². The molecule has 0 aliphatic heterocycles. The maximum absolute atomic E-state index is 12.0. The molecule has 0 radical (unpaired) electrons. The summed E-state index contributed by atoms with van der Waals surface area (Å²) in [6.07, 6.45) is 1.71. The maximum atomic E-state index is 12.0. The van der Waals surface area contributed by atoms with Crippen LogP contribution in [0.1, 0.15) is 12.0 Å². The Morgan fingerprint density at radius 1 is 0.962 bits per heavy atom. The second-order valence-corrected chi connectivity index (χ2v) is 6.06. The molecule has 0 spiro atoms. The van der Waals surface area contributed by atoms with Gasteiger partial charge in [-0.2, -0.15) is 0 Å². The first kappa shape index (κ1) is 17.8. The molecule has 0 bridgehead atoms. The number of para-hydroxylation sites is 1. The van der Waals surface area contributed by atoms with Crippen LogP contribution in [0.2, 0.25) is 0 Å².